The lowest BCUT2D eigenvalue weighted by Crippen LogP contribution is -2.20. The third-order valence-electron chi connectivity index (χ3n) is 6.45. The highest BCUT2D eigenvalue weighted by Gasteiger charge is 2.37. The Morgan fingerprint density at radius 3 is 2.14 bits per heavy atom. The molecule has 0 unspecified atom stereocenters. The molecule has 6 nitrogen and oxygen atoms in total. The van der Waals surface area contributed by atoms with Gasteiger partial charge in [-0.3, -0.25) is 14.9 Å². The van der Waals surface area contributed by atoms with Crippen LogP contribution in [0.25, 0.3) is 43.6 Å². The average Bonchev–Trinajstić information content (AvgIpc) is 3.30. The number of nitrogens with one attached hydrogen (secondary N) is 1. The van der Waals surface area contributed by atoms with Gasteiger partial charge in [0.2, 0.25) is 0 Å². The zero-order chi connectivity index (χ0) is 19.4. The molecule has 4 heterocycles. The number of aliphatic hydroxyl groups excluding tert-OH is 1. The van der Waals surface area contributed by atoms with E-state index in [2.05, 4.69) is 9.88 Å². The number of imide groups is 1. The lowest BCUT2D eigenvalue weighted by molar-refractivity contribution is 0.0880. The molecule has 2 aromatic heterocycles. The molecule has 2 aliphatic rings. The second kappa shape index (κ2) is 4.85. The highest BCUT2D eigenvalue weighted by atomic mass is 16.3. The van der Waals surface area contributed by atoms with Crippen LogP contribution in [0.1, 0.15) is 33.4 Å². The Hall–Kier alpha value is -3.64. The number of fused-ring (bicyclic) bond motifs is 9. The van der Waals surface area contributed by atoms with Crippen molar-refractivity contribution in [1.82, 2.24) is 14.5 Å². The molecule has 140 valence electrons. The Balaban J connectivity index is 1.95. The number of carbonyl (C=O) groups is 2. The fourth-order valence-electron chi connectivity index (χ4n) is 5.40. The largest absolute Gasteiger partial charge is 0.373 e. The maximum absolute atomic E-state index is 12.9. The molecule has 6 heteroatoms. The van der Waals surface area contributed by atoms with Crippen molar-refractivity contribution in [3.63, 3.8) is 0 Å². The molecule has 2 aliphatic heterocycles. The highest BCUT2D eigenvalue weighted by Crippen LogP contribution is 2.47. The molecule has 29 heavy (non-hydrogen) atoms. The molecular weight excluding hydrogens is 366 g/mol. The van der Waals surface area contributed by atoms with Gasteiger partial charge in [-0.25, -0.2) is 0 Å². The second-order valence-corrected chi connectivity index (χ2v) is 7.81. The molecule has 0 saturated carbocycles. The van der Waals surface area contributed by atoms with Gasteiger partial charge >= 0.3 is 0 Å². The van der Waals surface area contributed by atoms with E-state index in [9.17, 15) is 14.7 Å². The molecule has 1 atom stereocenters. The van der Waals surface area contributed by atoms with Gasteiger partial charge in [0.25, 0.3) is 11.8 Å². The molecule has 0 spiro atoms. The van der Waals surface area contributed by atoms with Gasteiger partial charge in [0.15, 0.2) is 0 Å². The first-order chi connectivity index (χ1) is 14.2. The summed E-state index contributed by atoms with van der Waals surface area (Å²) < 4.78 is 4.13. The number of rotatable bonds is 0. The summed E-state index contributed by atoms with van der Waals surface area (Å²) in [6.45, 7) is 0.630. The van der Waals surface area contributed by atoms with E-state index in [1.807, 2.05) is 53.1 Å². The summed E-state index contributed by atoms with van der Waals surface area (Å²) in [6.07, 6.45) is -0.168. The number of carbonyl (C=O) groups excluding carboxylic acids is 2. The lowest BCUT2D eigenvalue weighted by atomic mass is 9.96. The van der Waals surface area contributed by atoms with Crippen LogP contribution in [0.2, 0.25) is 0 Å². The van der Waals surface area contributed by atoms with Crippen LogP contribution >= 0.6 is 0 Å². The van der Waals surface area contributed by atoms with Crippen LogP contribution in [0.15, 0.2) is 48.5 Å². The van der Waals surface area contributed by atoms with Crippen molar-refractivity contribution >= 4 is 55.4 Å². The Labute approximate surface area is 163 Å². The molecule has 7 rings (SSSR count). The second-order valence-electron chi connectivity index (χ2n) is 7.81. The quantitative estimate of drug-likeness (QED) is 0.402. The zero-order valence-electron chi connectivity index (χ0n) is 15.3. The number of aliphatic hydroxyl groups is 1. The van der Waals surface area contributed by atoms with Gasteiger partial charge in [-0.1, -0.05) is 36.4 Å². The summed E-state index contributed by atoms with van der Waals surface area (Å²) in [5.41, 5.74) is 4.49. The fraction of sp³-hybridized carbons (Fsp3) is 0.130. The number of hydrogen-bond acceptors (Lipinski definition) is 3. The van der Waals surface area contributed by atoms with Crippen LogP contribution < -0.4 is 5.32 Å². The minimum atomic E-state index is -0.711. The van der Waals surface area contributed by atoms with Crippen LogP contribution in [-0.4, -0.2) is 26.1 Å². The summed E-state index contributed by atoms with van der Waals surface area (Å²) in [5.74, 6) is -0.721. The molecule has 2 N–H and O–H groups in total. The number of benzene rings is 3. The first kappa shape index (κ1) is 15.3. The van der Waals surface area contributed by atoms with E-state index in [1.54, 1.807) is 0 Å². The first-order valence-corrected chi connectivity index (χ1v) is 9.70. The molecule has 5 aromatic rings. The van der Waals surface area contributed by atoms with Crippen molar-refractivity contribution in [2.75, 3.05) is 0 Å². The van der Waals surface area contributed by atoms with Crippen LogP contribution in [0.5, 0.6) is 0 Å². The van der Waals surface area contributed by atoms with Crippen molar-refractivity contribution in [1.29, 1.82) is 0 Å². The highest BCUT2D eigenvalue weighted by molar-refractivity contribution is 6.39. The Bertz CT molecular complexity index is 1590. The summed E-state index contributed by atoms with van der Waals surface area (Å²) in [6, 6.07) is 15.7. The molecular formula is C23H15N3O3. The summed E-state index contributed by atoms with van der Waals surface area (Å²) in [7, 11) is 0. The number of para-hydroxylation sites is 2. The van der Waals surface area contributed by atoms with E-state index >= 15 is 0 Å². The van der Waals surface area contributed by atoms with Crippen LogP contribution in [0, 0.1) is 0 Å². The topological polar surface area (TPSA) is 76.3 Å². The number of aromatic nitrogens is 2. The van der Waals surface area contributed by atoms with E-state index in [4.69, 9.17) is 0 Å². The van der Waals surface area contributed by atoms with E-state index in [1.165, 1.54) is 0 Å². The van der Waals surface area contributed by atoms with E-state index < -0.39 is 6.23 Å². The summed E-state index contributed by atoms with van der Waals surface area (Å²) >= 11 is 0. The lowest BCUT2D eigenvalue weighted by Gasteiger charge is -2.13. The van der Waals surface area contributed by atoms with Crippen LogP contribution in [0.3, 0.4) is 0 Å². The predicted octanol–water partition coefficient (Wildman–Crippen LogP) is 3.68. The Morgan fingerprint density at radius 1 is 0.828 bits per heavy atom. The summed E-state index contributed by atoms with van der Waals surface area (Å²) in [5, 5.41) is 16.9. The number of hydrogen-bond donors (Lipinski definition) is 2. The van der Waals surface area contributed by atoms with Gasteiger partial charge in [-0.05, 0) is 12.1 Å². The minimum absolute atomic E-state index is 0.351. The number of amides is 2. The van der Waals surface area contributed by atoms with E-state index in [0.29, 0.717) is 24.1 Å². The third kappa shape index (κ3) is 1.60. The molecule has 0 bridgehead atoms. The van der Waals surface area contributed by atoms with Crippen molar-refractivity contribution in [3.8, 4) is 0 Å². The van der Waals surface area contributed by atoms with Gasteiger partial charge in [0.1, 0.15) is 6.23 Å². The van der Waals surface area contributed by atoms with Gasteiger partial charge in [0.05, 0.1) is 27.7 Å². The van der Waals surface area contributed by atoms with Crippen LogP contribution in [-0.2, 0) is 6.54 Å². The zero-order valence-corrected chi connectivity index (χ0v) is 15.3. The van der Waals surface area contributed by atoms with Crippen molar-refractivity contribution < 1.29 is 14.7 Å². The van der Waals surface area contributed by atoms with E-state index in [-0.39, 0.29) is 11.8 Å². The molecule has 0 radical (unpaired) electrons. The minimum Gasteiger partial charge on any atom is -0.373 e. The smallest absolute Gasteiger partial charge is 0.259 e. The maximum atomic E-state index is 12.9. The Morgan fingerprint density at radius 2 is 1.41 bits per heavy atom. The number of aryl methyl sites for hydroxylation is 1. The van der Waals surface area contributed by atoms with Crippen LogP contribution in [0.4, 0.5) is 0 Å². The molecule has 3 aromatic carbocycles. The SMILES string of the molecule is O=C1NC(=O)c2c1c1c3ccccc3n3c1c1c2c2ccccc2n1[C@@H](O)CC3. The van der Waals surface area contributed by atoms with Crippen molar-refractivity contribution in [3.05, 3.63) is 59.7 Å². The van der Waals surface area contributed by atoms with Crippen molar-refractivity contribution in [2.24, 2.45) is 0 Å². The predicted molar refractivity (Wildman–Crippen MR) is 110 cm³/mol. The molecule has 0 fully saturated rings. The third-order valence-corrected chi connectivity index (χ3v) is 6.45. The standard InChI is InChI=1S/C23H15N3O3/c27-15-9-10-25-13-7-3-1-5-11(13)16-18-19(23(29)24-22(18)28)17-12-6-2-4-8-14(12)26(15)21(17)20(16)25/h1-8,15,27H,9-10H2,(H,24,28,29)/t15-/m0/s1. The average molecular weight is 381 g/mol. The Kier molecular flexibility index (Phi) is 2.56. The van der Waals surface area contributed by atoms with Gasteiger partial charge < -0.3 is 14.2 Å². The molecule has 0 aliphatic carbocycles. The van der Waals surface area contributed by atoms with Crippen molar-refractivity contribution in [2.45, 2.75) is 19.2 Å². The molecule has 0 saturated heterocycles. The van der Waals surface area contributed by atoms with Gasteiger partial charge in [-0.15, -0.1) is 0 Å². The maximum Gasteiger partial charge on any atom is 0.259 e. The number of nitrogens with zero attached hydrogens (tertiary/aromatic N) is 2. The monoisotopic (exact) mass is 381 g/mol. The van der Waals surface area contributed by atoms with Gasteiger partial charge in [0, 0.05) is 40.0 Å². The normalized spacial score (nSPS) is 18.3. The molecule has 2 amide bonds. The first-order valence-electron chi connectivity index (χ1n) is 9.70. The summed E-state index contributed by atoms with van der Waals surface area (Å²) in [4.78, 5) is 25.8. The fourth-order valence-corrected chi connectivity index (χ4v) is 5.40. The van der Waals surface area contributed by atoms with Gasteiger partial charge in [-0.2, -0.15) is 0 Å². The van der Waals surface area contributed by atoms with E-state index in [0.717, 1.165) is 43.6 Å².